The Morgan fingerprint density at radius 3 is 1.17 bits per heavy atom. The second kappa shape index (κ2) is 14.0. The first-order valence-electron chi connectivity index (χ1n) is 15.2. The van der Waals surface area contributed by atoms with Gasteiger partial charge in [0.2, 0.25) is 11.8 Å². The number of nitrogens with one attached hydrogen (secondary N) is 2. The molecule has 3 aromatic rings. The molecule has 3 aromatic carbocycles. The Morgan fingerprint density at radius 1 is 0.558 bits per heavy atom. The number of carbonyl (C=O) groups excluding carboxylic acids is 6. The highest BCUT2D eigenvalue weighted by atomic mass is 32.2. The van der Waals surface area contributed by atoms with Crippen LogP contribution in [0.1, 0.15) is 27.7 Å². The number of thioether (sulfide) groups is 4. The molecular weight excluding hydrogens is 749 g/mol. The minimum atomic E-state index is -0.650. The van der Waals surface area contributed by atoms with Gasteiger partial charge in [-0.1, -0.05) is 83.4 Å². The van der Waals surface area contributed by atoms with Crippen LogP contribution in [-0.2, 0) is 28.8 Å². The highest BCUT2D eigenvalue weighted by Crippen LogP contribution is 2.68. The summed E-state index contributed by atoms with van der Waals surface area (Å²) in [7, 11) is 0. The van der Waals surface area contributed by atoms with Crippen molar-refractivity contribution in [1.82, 2.24) is 10.6 Å². The number of benzene rings is 3. The van der Waals surface area contributed by atoms with Crippen molar-refractivity contribution < 1.29 is 38.2 Å². The molecule has 0 radical (unpaired) electrons. The minimum Gasteiger partial charge on any atom is -0.424 e. The van der Waals surface area contributed by atoms with E-state index >= 15 is 0 Å². The normalized spacial score (nSPS) is 16.2. The van der Waals surface area contributed by atoms with E-state index in [0.717, 1.165) is 47.0 Å². The number of fused-ring (bicyclic) bond motifs is 2. The van der Waals surface area contributed by atoms with E-state index in [-0.39, 0.29) is 34.3 Å². The van der Waals surface area contributed by atoms with Gasteiger partial charge in [0.05, 0.1) is 39.4 Å². The molecule has 0 fully saturated rings. The maximum atomic E-state index is 13.9. The summed E-state index contributed by atoms with van der Waals surface area (Å²) in [6.45, 7) is 5.05. The molecule has 2 N–H and O–H groups in total. The Morgan fingerprint density at radius 2 is 0.885 bits per heavy atom. The van der Waals surface area contributed by atoms with Gasteiger partial charge in [0.15, 0.2) is 23.2 Å². The van der Waals surface area contributed by atoms with Crippen LogP contribution in [0.2, 0.25) is 0 Å². The number of rotatable bonds is 4. The molecule has 0 saturated heterocycles. The highest BCUT2D eigenvalue weighted by Gasteiger charge is 2.44. The van der Waals surface area contributed by atoms with Gasteiger partial charge in [-0.05, 0) is 24.3 Å². The fraction of sp³-hybridized carbons (Fsp3) is 0.118. The van der Waals surface area contributed by atoms with Crippen molar-refractivity contribution in [2.24, 2.45) is 10.2 Å². The van der Waals surface area contributed by atoms with Crippen molar-refractivity contribution in [1.29, 1.82) is 0 Å². The Kier molecular flexibility index (Phi) is 9.47. The number of amides is 4. The summed E-state index contributed by atoms with van der Waals surface area (Å²) in [5, 5.41) is 16.5. The predicted molar refractivity (Wildman–Crippen MR) is 197 cm³/mol. The summed E-state index contributed by atoms with van der Waals surface area (Å²) >= 11 is 4.33. The lowest BCUT2D eigenvalue weighted by Gasteiger charge is -2.15. The first kappa shape index (κ1) is 35.1. The predicted octanol–water partition coefficient (Wildman–Crippen LogP) is 5.35. The number of hydrogen-bond acceptors (Lipinski definition) is 14. The molecule has 52 heavy (non-hydrogen) atoms. The Hall–Kier alpha value is -5.30. The molecule has 18 heteroatoms. The van der Waals surface area contributed by atoms with Gasteiger partial charge in [-0.3, -0.25) is 28.8 Å². The van der Waals surface area contributed by atoms with Crippen molar-refractivity contribution in [2.75, 3.05) is 10.0 Å². The van der Waals surface area contributed by atoms with Gasteiger partial charge < -0.3 is 20.1 Å². The largest absolute Gasteiger partial charge is 0.424 e. The topological polar surface area (TPSA) is 176 Å². The third kappa shape index (κ3) is 6.49. The third-order valence-electron chi connectivity index (χ3n) is 7.19. The molecule has 0 atom stereocenters. The zero-order valence-corrected chi connectivity index (χ0v) is 30.7. The molecule has 0 spiro atoms. The summed E-state index contributed by atoms with van der Waals surface area (Å²) in [6.07, 6.45) is 0. The number of amidine groups is 2. The minimum absolute atomic E-state index is 0.0167. The standard InChI is InChI=1S/C34H24N6O8S4/c1-15(41)35-29-21(31(45)39(37-29)19-11-7-5-8-12-19)33-49-25-23(47-17(3)43)27-28(24(26(25)50-33)48-18(4)44)52-34(51-27)22-30(36-16(2)42)38-40(32(22)46)20-13-9-6-10-14-20/h5-14H,1-4H3,(H,35,37,41)(H,36,38,42). The molecule has 4 aliphatic rings. The van der Waals surface area contributed by atoms with Crippen LogP contribution in [0.15, 0.2) is 110 Å². The van der Waals surface area contributed by atoms with Crippen LogP contribution in [-0.4, -0.2) is 47.2 Å². The third-order valence-corrected chi connectivity index (χ3v) is 12.4. The lowest BCUT2D eigenvalue weighted by atomic mass is 10.2. The van der Waals surface area contributed by atoms with Gasteiger partial charge in [0.1, 0.15) is 11.1 Å². The van der Waals surface area contributed by atoms with Crippen LogP contribution < -0.4 is 30.1 Å². The van der Waals surface area contributed by atoms with Crippen molar-refractivity contribution in [2.45, 2.75) is 47.3 Å². The van der Waals surface area contributed by atoms with E-state index in [0.29, 0.717) is 39.4 Å². The second-order valence-electron chi connectivity index (χ2n) is 11.1. The van der Waals surface area contributed by atoms with Crippen molar-refractivity contribution in [3.05, 3.63) is 80.3 Å². The van der Waals surface area contributed by atoms with E-state index in [4.69, 9.17) is 9.47 Å². The summed E-state index contributed by atoms with van der Waals surface area (Å²) in [6, 6.07) is 17.4. The van der Waals surface area contributed by atoms with Crippen LogP contribution >= 0.6 is 47.0 Å². The van der Waals surface area contributed by atoms with Gasteiger partial charge in [-0.15, -0.1) is 10.2 Å². The van der Waals surface area contributed by atoms with Gasteiger partial charge >= 0.3 is 11.9 Å². The molecule has 0 aromatic heterocycles. The maximum absolute atomic E-state index is 13.9. The van der Waals surface area contributed by atoms with E-state index in [1.165, 1.54) is 37.7 Å². The highest BCUT2D eigenvalue weighted by molar-refractivity contribution is 8.26. The first-order chi connectivity index (χ1) is 24.9. The number of ether oxygens (including phenoxy) is 2. The quantitative estimate of drug-likeness (QED) is 0.198. The molecule has 4 heterocycles. The van der Waals surface area contributed by atoms with Gasteiger partial charge in [0.25, 0.3) is 11.8 Å². The van der Waals surface area contributed by atoms with Crippen LogP contribution in [0, 0.1) is 0 Å². The molecule has 0 bridgehead atoms. The van der Waals surface area contributed by atoms with Crippen LogP contribution in [0.5, 0.6) is 11.5 Å². The van der Waals surface area contributed by atoms with Crippen molar-refractivity contribution in [3.63, 3.8) is 0 Å². The van der Waals surface area contributed by atoms with E-state index in [2.05, 4.69) is 20.8 Å². The van der Waals surface area contributed by atoms with E-state index in [9.17, 15) is 28.8 Å². The number of nitrogens with zero attached hydrogens (tertiary/aromatic N) is 4. The molecule has 0 unspecified atom stereocenters. The maximum Gasteiger partial charge on any atom is 0.308 e. The molecule has 262 valence electrons. The Balaban J connectivity index is 1.36. The molecule has 14 nitrogen and oxygen atoms in total. The zero-order valence-electron chi connectivity index (χ0n) is 27.5. The molecule has 7 rings (SSSR count). The first-order valence-corrected chi connectivity index (χ1v) is 18.5. The Bertz CT molecular complexity index is 2070. The van der Waals surface area contributed by atoms with Crippen LogP contribution in [0.3, 0.4) is 0 Å². The summed E-state index contributed by atoms with van der Waals surface area (Å²) in [5.41, 5.74) is 1.12. The van der Waals surface area contributed by atoms with E-state index < -0.39 is 35.6 Å². The summed E-state index contributed by atoms with van der Waals surface area (Å²) in [5.74, 6) is -2.98. The number of esters is 2. The van der Waals surface area contributed by atoms with Gasteiger partial charge in [0, 0.05) is 27.7 Å². The summed E-state index contributed by atoms with van der Waals surface area (Å²) in [4.78, 5) is 78.9. The van der Waals surface area contributed by atoms with Crippen LogP contribution in [0.4, 0.5) is 11.4 Å². The van der Waals surface area contributed by atoms with Crippen LogP contribution in [0.25, 0.3) is 0 Å². The molecule has 4 amide bonds. The zero-order chi connectivity index (χ0) is 36.8. The SMILES string of the molecule is CC(=O)NC1=NN(c2ccccc2)C(=O)C1=C1Sc2c(OC(C)=O)c3c(c(OC(C)=O)c2S1)SC(=C1C(=O)N(c2ccccc2)N=C1NC(C)=O)S3. The number of anilines is 2. The van der Waals surface area contributed by atoms with Gasteiger partial charge in [-0.2, -0.15) is 10.0 Å². The smallest absolute Gasteiger partial charge is 0.308 e. The van der Waals surface area contributed by atoms with E-state index in [1.807, 2.05) is 0 Å². The monoisotopic (exact) mass is 772 g/mol. The number of hydrogen-bond donors (Lipinski definition) is 2. The Labute approximate surface area is 312 Å². The average Bonchev–Trinajstić information content (AvgIpc) is 3.86. The molecule has 0 aliphatic carbocycles. The molecule has 4 aliphatic heterocycles. The van der Waals surface area contributed by atoms with Crippen molar-refractivity contribution in [3.8, 4) is 11.5 Å². The lowest BCUT2D eigenvalue weighted by Crippen LogP contribution is -2.29. The van der Waals surface area contributed by atoms with Gasteiger partial charge in [-0.25, -0.2) is 0 Å². The summed E-state index contributed by atoms with van der Waals surface area (Å²) < 4.78 is 12.4. The second-order valence-corrected chi connectivity index (χ2v) is 15.7. The molecular formula is C34H24N6O8S4. The lowest BCUT2D eigenvalue weighted by molar-refractivity contribution is -0.133. The fourth-order valence-electron chi connectivity index (χ4n) is 5.25. The number of hydrazone groups is 2. The molecule has 0 saturated carbocycles. The number of carbonyl (C=O) groups is 6. The van der Waals surface area contributed by atoms with E-state index in [1.54, 1.807) is 60.7 Å². The number of para-hydroxylation sites is 2. The average molecular weight is 773 g/mol. The van der Waals surface area contributed by atoms with Crippen molar-refractivity contribution >= 4 is 106 Å². The fourth-order valence-corrected chi connectivity index (χ4v) is 10.8.